The molecular weight excluding hydrogens is 338 g/mol. The van der Waals surface area contributed by atoms with Crippen LogP contribution in [0.4, 0.5) is 0 Å². The summed E-state index contributed by atoms with van der Waals surface area (Å²) in [6.07, 6.45) is 4.61. The van der Waals surface area contributed by atoms with Crippen molar-refractivity contribution in [1.29, 1.82) is 0 Å². The zero-order valence-electron chi connectivity index (χ0n) is 14.5. The predicted octanol–water partition coefficient (Wildman–Crippen LogP) is 3.62. The summed E-state index contributed by atoms with van der Waals surface area (Å²) in [6, 6.07) is 9.82. The van der Waals surface area contributed by atoms with Crippen molar-refractivity contribution in [3.05, 3.63) is 57.5 Å². The van der Waals surface area contributed by atoms with Gasteiger partial charge in [0.05, 0.1) is 13.2 Å². The Morgan fingerprint density at radius 3 is 2.64 bits per heavy atom. The molecule has 1 aliphatic rings. The Hall–Kier alpha value is -1.62. The third kappa shape index (κ3) is 3.52. The molecule has 3 rings (SSSR count). The van der Waals surface area contributed by atoms with E-state index in [1.54, 1.807) is 4.57 Å². The molecule has 0 radical (unpaired) electrons. The number of benzene rings is 1. The summed E-state index contributed by atoms with van der Waals surface area (Å²) in [6.45, 7) is 4.06. The maximum Gasteiger partial charge on any atom is 0.269 e. The second-order valence-corrected chi connectivity index (χ2v) is 7.09. The first-order valence-electron chi connectivity index (χ1n) is 8.80. The largest absolute Gasteiger partial charge is 0.395 e. The fraction of sp³-hybridized carbons (Fsp3) is 0.450. The highest BCUT2D eigenvalue weighted by atomic mass is 35.5. The molecule has 1 N–H and O–H groups in total. The molecule has 1 fully saturated rings. The van der Waals surface area contributed by atoms with E-state index in [4.69, 9.17) is 16.3 Å². The van der Waals surface area contributed by atoms with Crippen LogP contribution < -0.4 is 5.56 Å². The molecule has 1 aromatic carbocycles. The van der Waals surface area contributed by atoms with E-state index >= 15 is 0 Å². The van der Waals surface area contributed by atoms with Gasteiger partial charge in [-0.25, -0.2) is 0 Å². The average molecular weight is 362 g/mol. The standard InChI is InChI=1S/C20H24ClNO3/c1-2-3-10-22-11-8-17(18(21)19(22)24)15-4-6-16(7-5-15)20(13-23)9-12-25-14-20/h4-8,11,23H,2-3,9-10,12-14H2,1H3. The smallest absolute Gasteiger partial charge is 0.269 e. The zero-order valence-corrected chi connectivity index (χ0v) is 15.3. The molecule has 134 valence electrons. The Morgan fingerprint density at radius 2 is 2.04 bits per heavy atom. The second kappa shape index (κ2) is 7.73. The summed E-state index contributed by atoms with van der Waals surface area (Å²) in [5.74, 6) is 0. The van der Waals surface area contributed by atoms with E-state index in [2.05, 4.69) is 6.92 Å². The summed E-state index contributed by atoms with van der Waals surface area (Å²) in [5, 5.41) is 10.0. The number of rotatable bonds is 6. The van der Waals surface area contributed by atoms with Crippen molar-refractivity contribution in [2.75, 3.05) is 19.8 Å². The van der Waals surface area contributed by atoms with Gasteiger partial charge >= 0.3 is 0 Å². The van der Waals surface area contributed by atoms with Crippen molar-refractivity contribution in [3.63, 3.8) is 0 Å². The molecular formula is C20H24ClNO3. The van der Waals surface area contributed by atoms with Gasteiger partial charge in [-0.1, -0.05) is 49.2 Å². The van der Waals surface area contributed by atoms with Crippen LogP contribution in [-0.4, -0.2) is 29.5 Å². The number of hydrogen-bond donors (Lipinski definition) is 1. The molecule has 0 amide bonds. The molecule has 1 unspecified atom stereocenters. The molecule has 1 atom stereocenters. The number of nitrogens with zero attached hydrogens (tertiary/aromatic N) is 1. The lowest BCUT2D eigenvalue weighted by Gasteiger charge is -2.25. The number of pyridine rings is 1. The summed E-state index contributed by atoms with van der Waals surface area (Å²) in [4.78, 5) is 12.4. The molecule has 0 spiro atoms. The fourth-order valence-electron chi connectivity index (χ4n) is 3.33. The minimum absolute atomic E-state index is 0.0700. The van der Waals surface area contributed by atoms with Crippen LogP contribution >= 0.6 is 11.6 Å². The van der Waals surface area contributed by atoms with Gasteiger partial charge in [0, 0.05) is 30.3 Å². The first-order valence-corrected chi connectivity index (χ1v) is 9.17. The molecule has 2 aromatic rings. The summed E-state index contributed by atoms with van der Waals surface area (Å²) in [5.41, 5.74) is 2.25. The SMILES string of the molecule is CCCCn1ccc(-c2ccc(C3(CO)CCOC3)cc2)c(Cl)c1=O. The van der Waals surface area contributed by atoms with Crippen molar-refractivity contribution >= 4 is 11.6 Å². The number of halogens is 1. The summed E-state index contributed by atoms with van der Waals surface area (Å²) >= 11 is 6.34. The van der Waals surface area contributed by atoms with Gasteiger partial charge in [0.2, 0.25) is 0 Å². The lowest BCUT2D eigenvalue weighted by molar-refractivity contribution is 0.140. The van der Waals surface area contributed by atoms with Crippen molar-refractivity contribution in [2.45, 2.75) is 38.1 Å². The number of aromatic nitrogens is 1. The maximum atomic E-state index is 12.4. The third-order valence-electron chi connectivity index (χ3n) is 5.07. The van der Waals surface area contributed by atoms with Crippen LogP contribution in [0.1, 0.15) is 31.7 Å². The van der Waals surface area contributed by atoms with Crippen LogP contribution in [0.25, 0.3) is 11.1 Å². The van der Waals surface area contributed by atoms with E-state index in [9.17, 15) is 9.90 Å². The summed E-state index contributed by atoms with van der Waals surface area (Å²) in [7, 11) is 0. The number of aliphatic hydroxyl groups is 1. The first-order chi connectivity index (χ1) is 12.1. The molecule has 1 aliphatic heterocycles. The first kappa shape index (κ1) is 18.2. The van der Waals surface area contributed by atoms with E-state index in [0.717, 1.165) is 36.0 Å². The van der Waals surface area contributed by atoms with Gasteiger partial charge in [-0.05, 0) is 30.0 Å². The van der Waals surface area contributed by atoms with Crippen LogP contribution in [-0.2, 0) is 16.7 Å². The van der Waals surface area contributed by atoms with E-state index in [1.165, 1.54) is 0 Å². The second-order valence-electron chi connectivity index (χ2n) is 6.71. The molecule has 0 aliphatic carbocycles. The fourth-order valence-corrected chi connectivity index (χ4v) is 3.61. The van der Waals surface area contributed by atoms with Gasteiger partial charge in [-0.15, -0.1) is 0 Å². The zero-order chi connectivity index (χ0) is 17.9. The van der Waals surface area contributed by atoms with E-state index < -0.39 is 0 Å². The average Bonchev–Trinajstić information content (AvgIpc) is 3.13. The highest BCUT2D eigenvalue weighted by molar-refractivity contribution is 6.33. The van der Waals surface area contributed by atoms with E-state index in [0.29, 0.717) is 19.8 Å². The number of hydrogen-bond acceptors (Lipinski definition) is 3. The lowest BCUT2D eigenvalue weighted by atomic mass is 9.80. The number of aliphatic hydroxyl groups excluding tert-OH is 1. The molecule has 1 saturated heterocycles. The molecule has 25 heavy (non-hydrogen) atoms. The molecule has 2 heterocycles. The van der Waals surface area contributed by atoms with Crippen LogP contribution in [0.5, 0.6) is 0 Å². The van der Waals surface area contributed by atoms with Crippen LogP contribution in [0.2, 0.25) is 5.02 Å². The monoisotopic (exact) mass is 361 g/mol. The van der Waals surface area contributed by atoms with Gasteiger partial charge in [0.15, 0.2) is 0 Å². The Morgan fingerprint density at radius 1 is 1.28 bits per heavy atom. The highest BCUT2D eigenvalue weighted by Crippen LogP contribution is 2.34. The van der Waals surface area contributed by atoms with Crippen molar-refractivity contribution < 1.29 is 9.84 Å². The number of ether oxygens (including phenoxy) is 1. The van der Waals surface area contributed by atoms with Gasteiger partial charge in [0.25, 0.3) is 5.56 Å². The molecule has 0 bridgehead atoms. The Labute approximate surface area is 153 Å². The minimum Gasteiger partial charge on any atom is -0.395 e. The van der Waals surface area contributed by atoms with Crippen LogP contribution in [0.3, 0.4) is 0 Å². The number of aryl methyl sites for hydroxylation is 1. The van der Waals surface area contributed by atoms with Gasteiger partial charge in [-0.2, -0.15) is 0 Å². The Bertz CT molecular complexity index is 777. The number of unbranched alkanes of at least 4 members (excludes halogenated alkanes) is 1. The predicted molar refractivity (Wildman–Crippen MR) is 100 cm³/mol. The molecule has 1 aromatic heterocycles. The summed E-state index contributed by atoms with van der Waals surface area (Å²) < 4.78 is 7.14. The topological polar surface area (TPSA) is 51.5 Å². The van der Waals surface area contributed by atoms with E-state index in [-0.39, 0.29) is 22.6 Å². The maximum absolute atomic E-state index is 12.4. The highest BCUT2D eigenvalue weighted by Gasteiger charge is 2.36. The van der Waals surface area contributed by atoms with Crippen molar-refractivity contribution in [3.8, 4) is 11.1 Å². The van der Waals surface area contributed by atoms with Crippen LogP contribution in [0.15, 0.2) is 41.3 Å². The van der Waals surface area contributed by atoms with E-state index in [1.807, 2.05) is 36.5 Å². The minimum atomic E-state index is -0.314. The molecule has 5 heteroatoms. The molecule has 4 nitrogen and oxygen atoms in total. The third-order valence-corrected chi connectivity index (χ3v) is 5.44. The lowest BCUT2D eigenvalue weighted by Crippen LogP contribution is -2.30. The van der Waals surface area contributed by atoms with Gasteiger partial charge in [0.1, 0.15) is 5.02 Å². The Kier molecular flexibility index (Phi) is 5.62. The van der Waals surface area contributed by atoms with Crippen LogP contribution in [0, 0.1) is 0 Å². The molecule has 0 saturated carbocycles. The Balaban J connectivity index is 1.90. The normalized spacial score (nSPS) is 20.1. The quantitative estimate of drug-likeness (QED) is 0.855. The van der Waals surface area contributed by atoms with Crippen molar-refractivity contribution in [1.82, 2.24) is 4.57 Å². The van der Waals surface area contributed by atoms with Gasteiger partial charge < -0.3 is 14.4 Å². The van der Waals surface area contributed by atoms with Gasteiger partial charge in [-0.3, -0.25) is 4.79 Å². The van der Waals surface area contributed by atoms with Crippen molar-refractivity contribution in [2.24, 2.45) is 0 Å².